The number of hydrogen-bond acceptors (Lipinski definition) is 2. The smallest absolute Gasteiger partial charge is 0.0208 e. The lowest BCUT2D eigenvalue weighted by Crippen LogP contribution is -2.23. The summed E-state index contributed by atoms with van der Waals surface area (Å²) in [5.74, 6) is 0. The lowest BCUT2D eigenvalue weighted by Gasteiger charge is -2.18. The summed E-state index contributed by atoms with van der Waals surface area (Å²) < 4.78 is 0. The molecule has 0 aliphatic carbocycles. The van der Waals surface area contributed by atoms with Crippen LogP contribution in [0.1, 0.15) is 36.0 Å². The van der Waals surface area contributed by atoms with E-state index in [0.29, 0.717) is 0 Å². The zero-order valence-electron chi connectivity index (χ0n) is 11.3. The van der Waals surface area contributed by atoms with Crippen LogP contribution in [0.5, 0.6) is 0 Å². The van der Waals surface area contributed by atoms with Crippen LogP contribution in [0.4, 0.5) is 0 Å². The number of likely N-dealkylation sites (tertiary alicyclic amines) is 1. The first-order chi connectivity index (χ1) is 8.92. The van der Waals surface area contributed by atoms with Crippen LogP contribution >= 0.6 is 0 Å². The number of nitrogens with zero attached hydrogens (tertiary/aromatic N) is 1. The van der Waals surface area contributed by atoms with Crippen molar-refractivity contribution in [2.75, 3.05) is 26.2 Å². The summed E-state index contributed by atoms with van der Waals surface area (Å²) in [4.78, 5) is 2.61. The minimum atomic E-state index is 1.06. The van der Waals surface area contributed by atoms with E-state index in [-0.39, 0.29) is 0 Å². The predicted octanol–water partition coefficient (Wildman–Crippen LogP) is 2.36. The number of benzene rings is 1. The van der Waals surface area contributed by atoms with Crippen LogP contribution in [-0.4, -0.2) is 31.1 Å². The van der Waals surface area contributed by atoms with Crippen molar-refractivity contribution in [2.45, 2.75) is 38.6 Å². The molecule has 0 amide bonds. The Bertz CT molecular complexity index is 394. The fourth-order valence-electron chi connectivity index (χ4n) is 3.20. The van der Waals surface area contributed by atoms with E-state index < -0.39 is 0 Å². The van der Waals surface area contributed by atoms with Gasteiger partial charge < -0.3 is 10.2 Å². The van der Waals surface area contributed by atoms with Crippen molar-refractivity contribution in [1.82, 2.24) is 10.2 Å². The Morgan fingerprint density at radius 3 is 2.89 bits per heavy atom. The second-order valence-corrected chi connectivity index (χ2v) is 5.68. The summed E-state index contributed by atoms with van der Waals surface area (Å²) in [7, 11) is 0. The van der Waals surface area contributed by atoms with Crippen molar-refractivity contribution in [3.8, 4) is 0 Å². The Morgan fingerprint density at radius 2 is 2.00 bits per heavy atom. The van der Waals surface area contributed by atoms with Crippen molar-refractivity contribution in [1.29, 1.82) is 0 Å². The predicted molar refractivity (Wildman–Crippen MR) is 75.8 cm³/mol. The van der Waals surface area contributed by atoms with E-state index in [0.717, 1.165) is 13.1 Å². The molecule has 2 aliphatic heterocycles. The van der Waals surface area contributed by atoms with Crippen molar-refractivity contribution in [2.24, 2.45) is 0 Å². The Labute approximate surface area is 110 Å². The molecule has 0 atom stereocenters. The van der Waals surface area contributed by atoms with E-state index in [9.17, 15) is 0 Å². The number of fused-ring (bicyclic) bond motifs is 1. The molecule has 1 saturated heterocycles. The van der Waals surface area contributed by atoms with Gasteiger partial charge in [-0.2, -0.15) is 0 Å². The first kappa shape index (κ1) is 12.2. The van der Waals surface area contributed by atoms with Crippen molar-refractivity contribution in [3.05, 3.63) is 34.9 Å². The number of hydrogen-bond donors (Lipinski definition) is 1. The SMILES string of the molecule is c1cc2c(cc1CCCN1CCCC1)CNCC2. The maximum atomic E-state index is 3.46. The van der Waals surface area contributed by atoms with E-state index in [1.807, 2.05) is 0 Å². The highest BCUT2D eigenvalue weighted by Gasteiger charge is 2.11. The summed E-state index contributed by atoms with van der Waals surface area (Å²) >= 11 is 0. The molecule has 1 aromatic rings. The highest BCUT2D eigenvalue weighted by atomic mass is 15.1. The van der Waals surface area contributed by atoms with Crippen LogP contribution in [0.15, 0.2) is 18.2 Å². The fourth-order valence-corrected chi connectivity index (χ4v) is 3.20. The zero-order valence-corrected chi connectivity index (χ0v) is 11.3. The molecule has 2 heteroatoms. The Morgan fingerprint density at radius 1 is 1.11 bits per heavy atom. The number of rotatable bonds is 4. The van der Waals surface area contributed by atoms with Crippen molar-refractivity contribution in [3.63, 3.8) is 0 Å². The molecule has 1 fully saturated rings. The van der Waals surface area contributed by atoms with Gasteiger partial charge in [-0.05, 0) is 75.0 Å². The Hall–Kier alpha value is -0.860. The first-order valence-electron chi connectivity index (χ1n) is 7.45. The summed E-state index contributed by atoms with van der Waals surface area (Å²) in [6.45, 7) is 6.15. The first-order valence-corrected chi connectivity index (χ1v) is 7.45. The topological polar surface area (TPSA) is 15.3 Å². The van der Waals surface area contributed by atoms with E-state index in [4.69, 9.17) is 0 Å². The molecule has 98 valence electrons. The molecule has 0 unspecified atom stereocenters. The molecule has 3 rings (SSSR count). The van der Waals surface area contributed by atoms with E-state index >= 15 is 0 Å². The van der Waals surface area contributed by atoms with Gasteiger partial charge in [0, 0.05) is 6.54 Å². The Balaban J connectivity index is 1.52. The van der Waals surface area contributed by atoms with Crippen LogP contribution in [0.3, 0.4) is 0 Å². The maximum absolute atomic E-state index is 3.46. The van der Waals surface area contributed by atoms with Gasteiger partial charge in [-0.25, -0.2) is 0 Å². The second kappa shape index (κ2) is 5.85. The quantitative estimate of drug-likeness (QED) is 0.874. The van der Waals surface area contributed by atoms with Gasteiger partial charge in [-0.3, -0.25) is 0 Å². The van der Waals surface area contributed by atoms with Gasteiger partial charge in [0.2, 0.25) is 0 Å². The second-order valence-electron chi connectivity index (χ2n) is 5.68. The maximum Gasteiger partial charge on any atom is 0.0208 e. The van der Waals surface area contributed by atoms with Gasteiger partial charge in [-0.1, -0.05) is 18.2 Å². The molecule has 0 saturated carbocycles. The third kappa shape index (κ3) is 2.93. The van der Waals surface area contributed by atoms with Crippen LogP contribution < -0.4 is 5.32 Å². The van der Waals surface area contributed by atoms with Gasteiger partial charge >= 0.3 is 0 Å². The molecule has 18 heavy (non-hydrogen) atoms. The van der Waals surface area contributed by atoms with Gasteiger partial charge in [0.25, 0.3) is 0 Å². The molecule has 0 spiro atoms. The molecule has 2 nitrogen and oxygen atoms in total. The zero-order chi connectivity index (χ0) is 12.2. The highest BCUT2D eigenvalue weighted by Crippen LogP contribution is 2.17. The average molecular weight is 244 g/mol. The molecule has 2 heterocycles. The lowest BCUT2D eigenvalue weighted by atomic mass is 9.97. The average Bonchev–Trinajstić information content (AvgIpc) is 2.92. The van der Waals surface area contributed by atoms with Crippen LogP contribution in [0.2, 0.25) is 0 Å². The van der Waals surface area contributed by atoms with E-state index in [2.05, 4.69) is 28.4 Å². The molecule has 1 aromatic carbocycles. The normalized spacial score (nSPS) is 20.0. The minimum Gasteiger partial charge on any atom is -0.312 e. The monoisotopic (exact) mass is 244 g/mol. The molecule has 0 radical (unpaired) electrons. The molecule has 2 aliphatic rings. The summed E-state index contributed by atoms with van der Waals surface area (Å²) in [6, 6.07) is 7.11. The van der Waals surface area contributed by atoms with Crippen molar-refractivity contribution >= 4 is 0 Å². The van der Waals surface area contributed by atoms with Gasteiger partial charge in [-0.15, -0.1) is 0 Å². The van der Waals surface area contributed by atoms with Crippen LogP contribution in [-0.2, 0) is 19.4 Å². The fraction of sp³-hybridized carbons (Fsp3) is 0.625. The van der Waals surface area contributed by atoms with E-state index in [1.54, 1.807) is 5.56 Å². The third-order valence-electron chi connectivity index (χ3n) is 4.30. The number of aryl methyl sites for hydroxylation is 1. The van der Waals surface area contributed by atoms with Gasteiger partial charge in [0.1, 0.15) is 0 Å². The molecule has 1 N–H and O–H groups in total. The summed E-state index contributed by atoms with van der Waals surface area (Å²) in [6.07, 6.45) is 6.56. The molecule has 0 bridgehead atoms. The van der Waals surface area contributed by atoms with Crippen molar-refractivity contribution < 1.29 is 0 Å². The third-order valence-corrected chi connectivity index (χ3v) is 4.30. The minimum absolute atomic E-state index is 1.06. The van der Waals surface area contributed by atoms with Crippen LogP contribution in [0, 0.1) is 0 Å². The standard InChI is InChI=1S/C16H24N2/c1-2-10-18(9-1)11-3-4-14-5-6-15-7-8-17-13-16(15)12-14/h5-6,12,17H,1-4,7-11,13H2. The summed E-state index contributed by atoms with van der Waals surface area (Å²) in [5, 5.41) is 3.46. The Kier molecular flexibility index (Phi) is 3.96. The molecular formula is C16H24N2. The largest absolute Gasteiger partial charge is 0.312 e. The molecule has 0 aromatic heterocycles. The van der Waals surface area contributed by atoms with Gasteiger partial charge in [0.05, 0.1) is 0 Å². The lowest BCUT2D eigenvalue weighted by molar-refractivity contribution is 0.334. The molecular weight excluding hydrogens is 220 g/mol. The van der Waals surface area contributed by atoms with E-state index in [1.165, 1.54) is 62.9 Å². The van der Waals surface area contributed by atoms with Crippen LogP contribution in [0.25, 0.3) is 0 Å². The number of nitrogens with one attached hydrogen (secondary N) is 1. The summed E-state index contributed by atoms with van der Waals surface area (Å²) in [5.41, 5.74) is 4.61. The van der Waals surface area contributed by atoms with Gasteiger partial charge in [0.15, 0.2) is 0 Å². The highest BCUT2D eigenvalue weighted by molar-refractivity contribution is 5.33.